The van der Waals surface area contributed by atoms with Gasteiger partial charge < -0.3 is 5.32 Å². The molecule has 23 heavy (non-hydrogen) atoms. The number of nitrogens with zero attached hydrogens (tertiary/aromatic N) is 1. The molecule has 0 aliphatic carbocycles. The van der Waals surface area contributed by atoms with Crippen LogP contribution >= 0.6 is 22.9 Å². The molecule has 1 aliphatic rings. The molecule has 0 unspecified atom stereocenters. The summed E-state index contributed by atoms with van der Waals surface area (Å²) in [6, 6.07) is 13.8. The van der Waals surface area contributed by atoms with Crippen LogP contribution in [0.3, 0.4) is 0 Å². The Morgan fingerprint density at radius 2 is 1.83 bits per heavy atom. The van der Waals surface area contributed by atoms with E-state index in [0.717, 1.165) is 39.0 Å². The van der Waals surface area contributed by atoms with Crippen LogP contribution in [0.1, 0.15) is 12.0 Å². The maximum absolute atomic E-state index is 11.4. The summed E-state index contributed by atoms with van der Waals surface area (Å²) in [6.07, 6.45) is 1.33. The van der Waals surface area contributed by atoms with Gasteiger partial charge in [0, 0.05) is 33.6 Å². The molecule has 1 aromatic heterocycles. The van der Waals surface area contributed by atoms with Crippen LogP contribution in [-0.2, 0) is 11.2 Å². The lowest BCUT2D eigenvalue weighted by atomic mass is 9.99. The molecule has 1 aliphatic heterocycles. The topological polar surface area (TPSA) is 42.0 Å². The van der Waals surface area contributed by atoms with Crippen molar-refractivity contribution >= 4 is 34.5 Å². The van der Waals surface area contributed by atoms with E-state index in [2.05, 4.69) is 16.8 Å². The van der Waals surface area contributed by atoms with E-state index in [-0.39, 0.29) is 5.91 Å². The SMILES string of the molecule is O=C1CCc2cc(-c3csc(-c4ccc(Cl)cc4)n3)ccc2N1. The normalized spacial score (nSPS) is 13.5. The molecule has 3 nitrogen and oxygen atoms in total. The van der Waals surface area contributed by atoms with Crippen molar-refractivity contribution in [2.45, 2.75) is 12.8 Å². The van der Waals surface area contributed by atoms with E-state index < -0.39 is 0 Å². The summed E-state index contributed by atoms with van der Waals surface area (Å²) < 4.78 is 0. The molecule has 0 fully saturated rings. The number of hydrogen-bond donors (Lipinski definition) is 1. The van der Waals surface area contributed by atoms with Gasteiger partial charge in [0.2, 0.25) is 5.91 Å². The fraction of sp³-hybridized carbons (Fsp3) is 0.111. The van der Waals surface area contributed by atoms with Crippen LogP contribution < -0.4 is 5.32 Å². The molecule has 1 N–H and O–H groups in total. The van der Waals surface area contributed by atoms with E-state index in [9.17, 15) is 4.79 Å². The number of anilines is 1. The van der Waals surface area contributed by atoms with E-state index in [1.807, 2.05) is 36.4 Å². The van der Waals surface area contributed by atoms with Gasteiger partial charge in [-0.05, 0) is 36.2 Å². The van der Waals surface area contributed by atoms with Gasteiger partial charge in [-0.25, -0.2) is 4.98 Å². The average molecular weight is 341 g/mol. The van der Waals surface area contributed by atoms with Gasteiger partial charge in [-0.1, -0.05) is 29.8 Å². The third-order valence-corrected chi connectivity index (χ3v) is 5.04. The number of aromatic nitrogens is 1. The molecule has 114 valence electrons. The van der Waals surface area contributed by atoms with Crippen molar-refractivity contribution in [3.63, 3.8) is 0 Å². The van der Waals surface area contributed by atoms with Crippen LogP contribution in [0.5, 0.6) is 0 Å². The summed E-state index contributed by atoms with van der Waals surface area (Å²) in [4.78, 5) is 16.2. The number of carbonyl (C=O) groups excluding carboxylic acids is 1. The summed E-state index contributed by atoms with van der Waals surface area (Å²) in [5, 5.41) is 6.67. The summed E-state index contributed by atoms with van der Waals surface area (Å²) in [5.41, 5.74) is 5.19. The number of rotatable bonds is 2. The van der Waals surface area contributed by atoms with Gasteiger partial charge in [0.1, 0.15) is 5.01 Å². The lowest BCUT2D eigenvalue weighted by Gasteiger charge is -2.17. The Balaban J connectivity index is 1.66. The molecule has 0 spiro atoms. The largest absolute Gasteiger partial charge is 0.326 e. The van der Waals surface area contributed by atoms with E-state index in [1.54, 1.807) is 11.3 Å². The second-order valence-corrected chi connectivity index (χ2v) is 6.76. The van der Waals surface area contributed by atoms with Crippen LogP contribution in [-0.4, -0.2) is 10.9 Å². The van der Waals surface area contributed by atoms with Crippen molar-refractivity contribution in [3.8, 4) is 21.8 Å². The van der Waals surface area contributed by atoms with Crippen molar-refractivity contribution < 1.29 is 4.79 Å². The minimum atomic E-state index is 0.0870. The highest BCUT2D eigenvalue weighted by atomic mass is 35.5. The number of nitrogens with one attached hydrogen (secondary N) is 1. The number of thiazole rings is 1. The highest BCUT2D eigenvalue weighted by Gasteiger charge is 2.16. The summed E-state index contributed by atoms with van der Waals surface area (Å²) in [6.45, 7) is 0. The monoisotopic (exact) mass is 340 g/mol. The maximum Gasteiger partial charge on any atom is 0.224 e. The van der Waals surface area contributed by atoms with Gasteiger partial charge in [0.15, 0.2) is 0 Å². The highest BCUT2D eigenvalue weighted by Crippen LogP contribution is 2.32. The predicted molar refractivity (Wildman–Crippen MR) is 94.9 cm³/mol. The molecular weight excluding hydrogens is 328 g/mol. The van der Waals surface area contributed by atoms with Crippen LogP contribution in [0.15, 0.2) is 47.8 Å². The second-order valence-electron chi connectivity index (χ2n) is 5.46. The zero-order chi connectivity index (χ0) is 15.8. The third kappa shape index (κ3) is 2.87. The zero-order valence-electron chi connectivity index (χ0n) is 12.2. The Bertz CT molecular complexity index is 886. The first-order valence-electron chi connectivity index (χ1n) is 7.34. The quantitative estimate of drug-likeness (QED) is 0.712. The summed E-state index contributed by atoms with van der Waals surface area (Å²) in [5.74, 6) is 0.0870. The van der Waals surface area contributed by atoms with Crippen molar-refractivity contribution in [3.05, 3.63) is 58.4 Å². The van der Waals surface area contributed by atoms with Crippen molar-refractivity contribution in [2.75, 3.05) is 5.32 Å². The number of halogens is 1. The Morgan fingerprint density at radius 1 is 1.04 bits per heavy atom. The fourth-order valence-corrected chi connectivity index (χ4v) is 3.64. The Kier molecular flexibility index (Phi) is 3.63. The summed E-state index contributed by atoms with van der Waals surface area (Å²) in [7, 11) is 0. The lowest BCUT2D eigenvalue weighted by Crippen LogP contribution is -2.18. The predicted octanol–water partition coefficient (Wildman–Crippen LogP) is 5.02. The number of carbonyl (C=O) groups is 1. The maximum atomic E-state index is 11.4. The molecule has 4 rings (SSSR count). The van der Waals surface area contributed by atoms with Gasteiger partial charge in [-0.15, -0.1) is 11.3 Å². The Labute approximate surface area is 143 Å². The van der Waals surface area contributed by atoms with Gasteiger partial charge in [-0.3, -0.25) is 4.79 Å². The fourth-order valence-electron chi connectivity index (χ4n) is 2.67. The van der Waals surface area contributed by atoms with E-state index >= 15 is 0 Å². The van der Waals surface area contributed by atoms with Gasteiger partial charge in [0.05, 0.1) is 5.69 Å². The second kappa shape index (κ2) is 5.80. The Morgan fingerprint density at radius 3 is 2.65 bits per heavy atom. The van der Waals surface area contributed by atoms with Crippen LogP contribution in [0.25, 0.3) is 21.8 Å². The van der Waals surface area contributed by atoms with Crippen molar-refractivity contribution in [2.24, 2.45) is 0 Å². The molecule has 0 radical (unpaired) electrons. The molecule has 0 saturated heterocycles. The number of fused-ring (bicyclic) bond motifs is 1. The number of amides is 1. The standard InChI is InChI=1S/C18H13ClN2OS/c19-14-5-1-11(2-6-14)18-21-16(10-23-18)13-3-7-15-12(9-13)4-8-17(22)20-15/h1-3,5-7,9-10H,4,8H2,(H,20,22). The Hall–Kier alpha value is -2.17. The molecule has 0 atom stereocenters. The first-order chi connectivity index (χ1) is 11.2. The van der Waals surface area contributed by atoms with Gasteiger partial charge >= 0.3 is 0 Å². The smallest absolute Gasteiger partial charge is 0.224 e. The third-order valence-electron chi connectivity index (χ3n) is 3.89. The molecule has 0 saturated carbocycles. The molecule has 2 heterocycles. The first kappa shape index (κ1) is 14.4. The minimum absolute atomic E-state index is 0.0870. The number of hydrogen-bond acceptors (Lipinski definition) is 3. The minimum Gasteiger partial charge on any atom is -0.326 e. The van der Waals surface area contributed by atoms with Crippen LogP contribution in [0.4, 0.5) is 5.69 Å². The zero-order valence-corrected chi connectivity index (χ0v) is 13.7. The first-order valence-corrected chi connectivity index (χ1v) is 8.59. The number of benzene rings is 2. The number of aryl methyl sites for hydroxylation is 1. The van der Waals surface area contributed by atoms with Gasteiger partial charge in [0.25, 0.3) is 0 Å². The highest BCUT2D eigenvalue weighted by molar-refractivity contribution is 7.13. The van der Waals surface area contributed by atoms with Gasteiger partial charge in [-0.2, -0.15) is 0 Å². The molecular formula is C18H13ClN2OS. The van der Waals surface area contributed by atoms with E-state index in [4.69, 9.17) is 16.6 Å². The molecule has 5 heteroatoms. The summed E-state index contributed by atoms with van der Waals surface area (Å²) >= 11 is 7.55. The van der Waals surface area contributed by atoms with Crippen molar-refractivity contribution in [1.29, 1.82) is 0 Å². The van der Waals surface area contributed by atoms with Crippen LogP contribution in [0.2, 0.25) is 5.02 Å². The molecule has 3 aromatic rings. The average Bonchev–Trinajstić information content (AvgIpc) is 3.05. The lowest BCUT2D eigenvalue weighted by molar-refractivity contribution is -0.116. The van der Waals surface area contributed by atoms with E-state index in [0.29, 0.717) is 6.42 Å². The van der Waals surface area contributed by atoms with E-state index in [1.165, 1.54) is 5.56 Å². The van der Waals surface area contributed by atoms with Crippen LogP contribution in [0, 0.1) is 0 Å². The molecule has 1 amide bonds. The molecule has 2 aromatic carbocycles. The van der Waals surface area contributed by atoms with Crippen molar-refractivity contribution in [1.82, 2.24) is 4.98 Å². The molecule has 0 bridgehead atoms.